The molecule has 2 aromatic heterocycles. The summed E-state index contributed by atoms with van der Waals surface area (Å²) in [5, 5.41) is 47.4. The van der Waals surface area contributed by atoms with Crippen molar-refractivity contribution in [1.82, 2.24) is 19.5 Å². The van der Waals surface area contributed by atoms with E-state index in [0.29, 0.717) is 36.1 Å². The van der Waals surface area contributed by atoms with Crippen LogP contribution in [-0.2, 0) is 4.74 Å². The number of fused-ring (bicyclic) bond motifs is 1. The number of imidazole rings is 1. The molecule has 184 valence electrons. The summed E-state index contributed by atoms with van der Waals surface area (Å²) in [5.41, 5.74) is 0.733. The Hall–Kier alpha value is -2.41. The highest BCUT2D eigenvalue weighted by Gasteiger charge is 2.44. The molecule has 1 aliphatic heterocycles. The Balaban J connectivity index is 1.45. The lowest BCUT2D eigenvalue weighted by atomic mass is 10.1. The molecule has 3 aliphatic rings. The Morgan fingerprint density at radius 3 is 2.18 bits per heavy atom. The summed E-state index contributed by atoms with van der Waals surface area (Å²) < 4.78 is 7.18. The molecule has 0 aromatic carbocycles. The average molecular weight is 473 g/mol. The molecule has 5 rings (SSSR count). The largest absolute Gasteiger partial charge is 0.394 e. The fraction of sp³-hybridized carbons (Fsp3) is 0.773. The van der Waals surface area contributed by atoms with Crippen LogP contribution in [0.4, 0.5) is 11.8 Å². The van der Waals surface area contributed by atoms with Crippen LogP contribution in [0.2, 0.25) is 0 Å². The van der Waals surface area contributed by atoms with Gasteiger partial charge in [0.25, 0.3) is 5.95 Å². The quantitative estimate of drug-likeness (QED) is 0.497. The maximum Gasteiger partial charge on any atom is 0.272 e. The predicted octanol–water partition coefficient (Wildman–Crippen LogP) is 2.99. The second-order valence-electron chi connectivity index (χ2n) is 9.55. The van der Waals surface area contributed by atoms with Crippen molar-refractivity contribution < 1.29 is 20.1 Å². The molecule has 2 aromatic rings. The van der Waals surface area contributed by atoms with Crippen LogP contribution in [0.5, 0.6) is 0 Å². The van der Waals surface area contributed by atoms with E-state index in [-0.39, 0.29) is 11.8 Å². The van der Waals surface area contributed by atoms with Gasteiger partial charge >= 0.3 is 0 Å². The normalized spacial score (nSPS) is 29.0. The van der Waals surface area contributed by atoms with Crippen LogP contribution < -0.4 is 0 Å². The Morgan fingerprint density at radius 1 is 0.912 bits per heavy atom. The number of hydrogen-bond donors (Lipinski definition) is 3. The summed E-state index contributed by atoms with van der Waals surface area (Å²) in [7, 11) is 0. The number of nitrogens with zero attached hydrogens (tertiary/aromatic N) is 8. The minimum Gasteiger partial charge on any atom is -0.394 e. The third-order valence-corrected chi connectivity index (χ3v) is 7.14. The van der Waals surface area contributed by atoms with Gasteiger partial charge in [0.15, 0.2) is 17.4 Å². The van der Waals surface area contributed by atoms with Crippen molar-refractivity contribution in [3.05, 3.63) is 6.33 Å². The van der Waals surface area contributed by atoms with Gasteiger partial charge in [-0.05, 0) is 37.5 Å². The molecule has 4 atom stereocenters. The van der Waals surface area contributed by atoms with E-state index in [9.17, 15) is 15.3 Å². The summed E-state index contributed by atoms with van der Waals surface area (Å²) in [6.07, 6.45) is 6.68. The molecule has 1 saturated heterocycles. The zero-order chi connectivity index (χ0) is 23.5. The molecular weight excluding hydrogens is 440 g/mol. The molecule has 2 aliphatic carbocycles. The summed E-state index contributed by atoms with van der Waals surface area (Å²) in [4.78, 5) is 13.3. The van der Waals surface area contributed by atoms with Gasteiger partial charge < -0.3 is 20.1 Å². The van der Waals surface area contributed by atoms with Crippen LogP contribution in [0, 0.1) is 11.8 Å². The fourth-order valence-electron chi connectivity index (χ4n) is 5.13. The van der Waals surface area contributed by atoms with E-state index < -0.39 is 31.1 Å². The van der Waals surface area contributed by atoms with E-state index in [1.165, 1.54) is 49.4 Å². The highest BCUT2D eigenvalue weighted by atomic mass is 16.6. The van der Waals surface area contributed by atoms with E-state index in [1.807, 2.05) is 0 Å². The number of aromatic nitrogens is 4. The van der Waals surface area contributed by atoms with Crippen molar-refractivity contribution in [3.63, 3.8) is 0 Å². The molecule has 0 bridgehead atoms. The van der Waals surface area contributed by atoms with E-state index in [0.717, 1.165) is 12.8 Å². The van der Waals surface area contributed by atoms with Crippen LogP contribution in [0.3, 0.4) is 0 Å². The molecule has 3 N–H and O–H groups in total. The van der Waals surface area contributed by atoms with Crippen LogP contribution in [0.15, 0.2) is 26.8 Å². The van der Waals surface area contributed by atoms with Crippen molar-refractivity contribution in [1.29, 1.82) is 0 Å². The lowest BCUT2D eigenvalue weighted by molar-refractivity contribution is -0.0511. The lowest BCUT2D eigenvalue weighted by Crippen LogP contribution is -2.33. The van der Waals surface area contributed by atoms with Crippen LogP contribution in [-0.4, -0.2) is 72.8 Å². The van der Waals surface area contributed by atoms with Crippen molar-refractivity contribution in [2.75, 3.05) is 19.7 Å². The number of hydrogen-bond acceptors (Lipinski definition) is 11. The van der Waals surface area contributed by atoms with Crippen LogP contribution in [0.25, 0.3) is 11.2 Å². The Labute approximate surface area is 197 Å². The first kappa shape index (κ1) is 23.3. The van der Waals surface area contributed by atoms with Gasteiger partial charge in [-0.3, -0.25) is 4.57 Å². The zero-order valence-electron chi connectivity index (χ0n) is 19.1. The topological polar surface area (TPSA) is 163 Å². The van der Waals surface area contributed by atoms with Gasteiger partial charge in [0.2, 0.25) is 5.82 Å². The first-order valence-electron chi connectivity index (χ1n) is 12.3. The van der Waals surface area contributed by atoms with Crippen molar-refractivity contribution in [3.8, 4) is 0 Å². The van der Waals surface area contributed by atoms with E-state index in [2.05, 4.69) is 35.4 Å². The monoisotopic (exact) mass is 472 g/mol. The van der Waals surface area contributed by atoms with E-state index >= 15 is 0 Å². The third-order valence-electron chi connectivity index (χ3n) is 7.14. The van der Waals surface area contributed by atoms with Gasteiger partial charge in [-0.2, -0.15) is 20.2 Å². The minimum absolute atomic E-state index is 0.133. The molecule has 12 nitrogen and oxygen atoms in total. The lowest BCUT2D eigenvalue weighted by Gasteiger charge is -2.16. The highest BCUT2D eigenvalue weighted by molar-refractivity contribution is 5.82. The molecule has 3 heterocycles. The molecule has 3 fully saturated rings. The average Bonchev–Trinajstić information content (AvgIpc) is 3.64. The first-order chi connectivity index (χ1) is 16.6. The van der Waals surface area contributed by atoms with Gasteiger partial charge in [-0.1, -0.05) is 25.7 Å². The van der Waals surface area contributed by atoms with E-state index in [1.54, 1.807) is 0 Å². The molecule has 2 saturated carbocycles. The molecule has 0 spiro atoms. The van der Waals surface area contributed by atoms with Gasteiger partial charge in [0.1, 0.15) is 18.3 Å². The summed E-state index contributed by atoms with van der Waals surface area (Å²) in [6, 6.07) is 0. The summed E-state index contributed by atoms with van der Waals surface area (Å²) >= 11 is 0. The molecule has 34 heavy (non-hydrogen) atoms. The maximum absolute atomic E-state index is 10.5. The second-order valence-corrected chi connectivity index (χ2v) is 9.55. The predicted molar refractivity (Wildman–Crippen MR) is 121 cm³/mol. The van der Waals surface area contributed by atoms with Gasteiger partial charge in [-0.25, -0.2) is 4.98 Å². The fourth-order valence-corrected chi connectivity index (χ4v) is 5.13. The van der Waals surface area contributed by atoms with Crippen molar-refractivity contribution in [2.45, 2.75) is 75.9 Å². The smallest absolute Gasteiger partial charge is 0.272 e. The van der Waals surface area contributed by atoms with Crippen molar-refractivity contribution in [2.24, 2.45) is 32.3 Å². The zero-order valence-corrected chi connectivity index (χ0v) is 19.1. The Kier molecular flexibility index (Phi) is 7.18. The molecule has 0 amide bonds. The molecule has 12 heteroatoms. The Bertz CT molecular complexity index is 1030. The second kappa shape index (κ2) is 10.5. The first-order valence-corrected chi connectivity index (χ1v) is 12.3. The van der Waals surface area contributed by atoms with Gasteiger partial charge in [0.05, 0.1) is 26.0 Å². The number of azo groups is 2. The van der Waals surface area contributed by atoms with Crippen LogP contribution >= 0.6 is 0 Å². The number of rotatable bonds is 8. The van der Waals surface area contributed by atoms with Gasteiger partial charge in [0, 0.05) is 0 Å². The van der Waals surface area contributed by atoms with Crippen molar-refractivity contribution >= 4 is 22.9 Å². The third kappa shape index (κ3) is 4.85. The maximum atomic E-state index is 10.5. The van der Waals surface area contributed by atoms with E-state index in [4.69, 9.17) is 4.74 Å². The number of aliphatic hydroxyl groups is 3. The molecule has 0 radical (unpaired) electrons. The minimum atomic E-state index is -1.26. The standard InChI is InChI=1S/C22H32N8O4/c31-11-15-17(32)18(33)21(34-15)30-12-23-16-19(28-24-9-13-5-1-2-6-13)26-22(27-20(16)30)29-25-10-14-7-3-4-8-14/h12-15,17-18,21,31-33H,1-11H2/t15-,17-,18-,21-/m1/s1. The summed E-state index contributed by atoms with van der Waals surface area (Å²) in [6.45, 7) is 0.852. The summed E-state index contributed by atoms with van der Waals surface area (Å²) in [5.74, 6) is 1.50. The number of aliphatic hydroxyl groups excluding tert-OH is 3. The Morgan fingerprint density at radius 2 is 1.56 bits per heavy atom. The van der Waals surface area contributed by atoms with Crippen LogP contribution in [0.1, 0.15) is 57.6 Å². The molecular formula is C22H32N8O4. The highest BCUT2D eigenvalue weighted by Crippen LogP contribution is 2.34. The number of ether oxygens (including phenoxy) is 1. The molecule has 0 unspecified atom stereocenters. The SMILES string of the molecule is OC[C@H]1O[C@@H](n2cnc3c(N=NCC4CCCC4)nc(N=NCC4CCCC4)nc32)[C@H](O)[C@@H]1O. The van der Waals surface area contributed by atoms with Gasteiger partial charge in [-0.15, -0.1) is 10.2 Å².